The van der Waals surface area contributed by atoms with E-state index in [0.29, 0.717) is 6.04 Å². The summed E-state index contributed by atoms with van der Waals surface area (Å²) in [5, 5.41) is 10.9. The molecule has 2 N–H and O–H groups in total. The van der Waals surface area contributed by atoms with Gasteiger partial charge in [-0.1, -0.05) is 26.8 Å². The minimum absolute atomic E-state index is 0.222. The van der Waals surface area contributed by atoms with Gasteiger partial charge in [-0.2, -0.15) is 0 Å². The zero-order valence-corrected chi connectivity index (χ0v) is 7.76. The Bertz CT molecular complexity index is 166. The molecule has 1 saturated heterocycles. The maximum Gasteiger partial charge on any atom is 0.303 e. The molecule has 1 aliphatic heterocycles. The highest BCUT2D eigenvalue weighted by atomic mass is 16.4. The van der Waals surface area contributed by atoms with E-state index in [1.54, 1.807) is 6.92 Å². The number of aliphatic carboxylic acids is 1. The molecule has 0 radical (unpaired) electrons. The Hall–Kier alpha value is -0.990. The smallest absolute Gasteiger partial charge is 0.303 e. The van der Waals surface area contributed by atoms with Gasteiger partial charge in [0.1, 0.15) is 0 Å². The summed E-state index contributed by atoms with van der Waals surface area (Å²) in [6, 6.07) is 0.671. The molecule has 1 aliphatic rings. The van der Waals surface area contributed by atoms with Gasteiger partial charge in [-0.3, -0.25) is 4.79 Å². The van der Waals surface area contributed by atoms with Gasteiger partial charge >= 0.3 is 5.97 Å². The van der Waals surface area contributed by atoms with Crippen LogP contribution in [0.4, 0.5) is 0 Å². The molecule has 0 saturated carbocycles. The lowest BCUT2D eigenvalue weighted by Crippen LogP contribution is -1.86. The molecule has 0 aliphatic carbocycles. The van der Waals surface area contributed by atoms with E-state index in [9.17, 15) is 4.79 Å². The van der Waals surface area contributed by atoms with Crippen molar-refractivity contribution >= 4 is 5.97 Å². The van der Waals surface area contributed by atoms with Gasteiger partial charge in [0.2, 0.25) is 0 Å². The molecular formula is C9H17NO2. The Balaban J connectivity index is 0.000000217. The van der Waals surface area contributed by atoms with Crippen molar-refractivity contribution < 1.29 is 9.90 Å². The number of hydrogen-bond acceptors (Lipinski definition) is 2. The summed E-state index contributed by atoms with van der Waals surface area (Å²) in [4.78, 5) is 9.37. The van der Waals surface area contributed by atoms with Gasteiger partial charge < -0.3 is 10.4 Å². The molecule has 3 heteroatoms. The second-order valence-corrected chi connectivity index (χ2v) is 2.76. The molecule has 0 aromatic heterocycles. The van der Waals surface area contributed by atoms with E-state index in [1.165, 1.54) is 18.5 Å². The normalized spacial score (nSPS) is 18.8. The SMILES string of the molecule is C=C1NC1CCC.CCC(=O)O. The lowest BCUT2D eigenvalue weighted by Gasteiger charge is -1.81. The molecule has 1 atom stereocenters. The fourth-order valence-electron chi connectivity index (χ4n) is 0.717. The summed E-state index contributed by atoms with van der Waals surface area (Å²) in [5.74, 6) is -0.745. The third kappa shape index (κ3) is 5.77. The summed E-state index contributed by atoms with van der Waals surface area (Å²) in [5.41, 5.74) is 1.22. The summed E-state index contributed by atoms with van der Waals surface area (Å²) >= 11 is 0. The lowest BCUT2D eigenvalue weighted by atomic mass is 10.2. The van der Waals surface area contributed by atoms with E-state index in [2.05, 4.69) is 18.8 Å². The molecule has 70 valence electrons. The van der Waals surface area contributed by atoms with Crippen LogP contribution in [0, 0.1) is 0 Å². The fourth-order valence-corrected chi connectivity index (χ4v) is 0.717. The molecule has 0 aromatic rings. The average molecular weight is 171 g/mol. The van der Waals surface area contributed by atoms with Crippen LogP contribution < -0.4 is 5.32 Å². The molecule has 1 heterocycles. The highest BCUT2D eigenvalue weighted by Crippen LogP contribution is 2.17. The molecule has 0 amide bonds. The quantitative estimate of drug-likeness (QED) is 0.636. The first-order valence-corrected chi connectivity index (χ1v) is 4.28. The Labute approximate surface area is 73.5 Å². The molecule has 1 rings (SSSR count). The van der Waals surface area contributed by atoms with Crippen molar-refractivity contribution in [2.45, 2.75) is 39.2 Å². The topological polar surface area (TPSA) is 59.2 Å². The molecule has 0 spiro atoms. The first-order valence-electron chi connectivity index (χ1n) is 4.28. The van der Waals surface area contributed by atoms with Crippen LogP contribution in [0.3, 0.4) is 0 Å². The largest absolute Gasteiger partial charge is 0.481 e. The van der Waals surface area contributed by atoms with Crippen molar-refractivity contribution in [2.75, 3.05) is 0 Å². The van der Waals surface area contributed by atoms with E-state index < -0.39 is 5.97 Å². The van der Waals surface area contributed by atoms with Gasteiger partial charge in [0.25, 0.3) is 0 Å². The van der Waals surface area contributed by atoms with Crippen LogP contribution in [0.25, 0.3) is 0 Å². The van der Waals surface area contributed by atoms with Gasteiger partial charge in [0.15, 0.2) is 0 Å². The number of nitrogens with one attached hydrogen (secondary N) is 1. The first kappa shape index (κ1) is 11.0. The van der Waals surface area contributed by atoms with Crippen LogP contribution >= 0.6 is 0 Å². The predicted octanol–water partition coefficient (Wildman–Crippen LogP) is 1.75. The monoisotopic (exact) mass is 171 g/mol. The number of carboxylic acid groups (broad SMARTS) is 1. The fraction of sp³-hybridized carbons (Fsp3) is 0.667. The second kappa shape index (κ2) is 5.63. The van der Waals surface area contributed by atoms with E-state index in [0.717, 1.165) is 0 Å². The van der Waals surface area contributed by atoms with Crippen LogP contribution in [-0.2, 0) is 4.79 Å². The molecular weight excluding hydrogens is 154 g/mol. The van der Waals surface area contributed by atoms with Crippen LogP contribution in [0.15, 0.2) is 12.3 Å². The van der Waals surface area contributed by atoms with Crippen LogP contribution in [0.5, 0.6) is 0 Å². The lowest BCUT2D eigenvalue weighted by molar-refractivity contribution is -0.136. The molecule has 3 nitrogen and oxygen atoms in total. The van der Waals surface area contributed by atoms with Crippen molar-refractivity contribution in [3.8, 4) is 0 Å². The third-order valence-corrected chi connectivity index (χ3v) is 1.58. The summed E-state index contributed by atoms with van der Waals surface area (Å²) < 4.78 is 0. The van der Waals surface area contributed by atoms with Crippen LogP contribution in [-0.4, -0.2) is 17.1 Å². The average Bonchev–Trinajstić information content (AvgIpc) is 2.69. The van der Waals surface area contributed by atoms with Gasteiger partial charge in [-0.25, -0.2) is 0 Å². The zero-order valence-electron chi connectivity index (χ0n) is 7.76. The number of carbonyl (C=O) groups is 1. The zero-order chi connectivity index (χ0) is 9.56. The Morgan fingerprint density at radius 3 is 2.17 bits per heavy atom. The molecule has 1 unspecified atom stereocenters. The Morgan fingerprint density at radius 2 is 2.08 bits per heavy atom. The first-order chi connectivity index (χ1) is 5.61. The van der Waals surface area contributed by atoms with Gasteiger partial charge in [0, 0.05) is 12.1 Å². The van der Waals surface area contributed by atoms with Crippen molar-refractivity contribution in [3.63, 3.8) is 0 Å². The number of carboxylic acids is 1. The predicted molar refractivity (Wildman–Crippen MR) is 48.9 cm³/mol. The minimum Gasteiger partial charge on any atom is -0.481 e. The number of hydrogen-bond donors (Lipinski definition) is 2. The van der Waals surface area contributed by atoms with Crippen molar-refractivity contribution in [3.05, 3.63) is 12.3 Å². The van der Waals surface area contributed by atoms with E-state index in [1.807, 2.05) is 0 Å². The van der Waals surface area contributed by atoms with Crippen LogP contribution in [0.1, 0.15) is 33.1 Å². The Kier molecular flexibility index (Phi) is 5.17. The molecule has 0 aromatic carbocycles. The Morgan fingerprint density at radius 1 is 1.67 bits per heavy atom. The minimum atomic E-state index is -0.745. The summed E-state index contributed by atoms with van der Waals surface area (Å²) in [7, 11) is 0. The van der Waals surface area contributed by atoms with Crippen molar-refractivity contribution in [1.82, 2.24) is 5.32 Å². The van der Waals surface area contributed by atoms with E-state index in [4.69, 9.17) is 5.11 Å². The standard InChI is InChI=1S/C6H11N.C3H6O2/c1-3-4-6-5(2)7-6;1-2-3(4)5/h6-7H,2-4H2,1H3;2H2,1H3,(H,4,5). The highest BCUT2D eigenvalue weighted by molar-refractivity contribution is 5.66. The number of rotatable bonds is 3. The van der Waals surface area contributed by atoms with E-state index in [-0.39, 0.29) is 6.42 Å². The highest BCUT2D eigenvalue weighted by Gasteiger charge is 2.23. The van der Waals surface area contributed by atoms with Gasteiger partial charge in [-0.05, 0) is 6.42 Å². The second-order valence-electron chi connectivity index (χ2n) is 2.76. The maximum atomic E-state index is 9.37. The van der Waals surface area contributed by atoms with Crippen molar-refractivity contribution in [2.24, 2.45) is 0 Å². The van der Waals surface area contributed by atoms with Gasteiger partial charge in [-0.15, -0.1) is 0 Å². The van der Waals surface area contributed by atoms with E-state index >= 15 is 0 Å². The molecule has 12 heavy (non-hydrogen) atoms. The third-order valence-electron chi connectivity index (χ3n) is 1.58. The molecule has 0 bridgehead atoms. The summed E-state index contributed by atoms with van der Waals surface area (Å²) in [6.45, 7) is 7.54. The summed E-state index contributed by atoms with van der Waals surface area (Å²) in [6.07, 6.45) is 2.75. The molecule has 1 fully saturated rings. The maximum absolute atomic E-state index is 9.37. The van der Waals surface area contributed by atoms with Crippen molar-refractivity contribution in [1.29, 1.82) is 0 Å². The van der Waals surface area contributed by atoms with Crippen LogP contribution in [0.2, 0.25) is 0 Å². The van der Waals surface area contributed by atoms with Gasteiger partial charge in [0.05, 0.1) is 6.04 Å².